The molecule has 2 aromatic heterocycles. The normalized spacial score (nSPS) is 16.9. The number of amides is 1. The molecule has 4 rings (SSSR count). The fourth-order valence-corrected chi connectivity index (χ4v) is 3.04. The summed E-state index contributed by atoms with van der Waals surface area (Å²) in [5, 5.41) is 3.99. The van der Waals surface area contributed by atoms with E-state index in [4.69, 9.17) is 9.26 Å². The second-order valence-electron chi connectivity index (χ2n) is 6.19. The van der Waals surface area contributed by atoms with Crippen molar-refractivity contribution in [3.63, 3.8) is 0 Å². The zero-order valence-corrected chi connectivity index (χ0v) is 14.3. The molecule has 0 saturated carbocycles. The van der Waals surface area contributed by atoms with Gasteiger partial charge in [-0.25, -0.2) is 0 Å². The van der Waals surface area contributed by atoms with Crippen LogP contribution in [-0.2, 0) is 11.3 Å². The van der Waals surface area contributed by atoms with E-state index in [9.17, 15) is 4.79 Å². The number of carbonyl (C=O) groups excluding carboxylic acids is 1. The van der Waals surface area contributed by atoms with Gasteiger partial charge in [0.2, 0.25) is 17.6 Å². The smallest absolute Gasteiger partial charge is 0.232 e. The van der Waals surface area contributed by atoms with Crippen LogP contribution in [0.1, 0.15) is 23.8 Å². The fourth-order valence-electron chi connectivity index (χ4n) is 3.04. The number of pyridine rings is 1. The highest BCUT2D eigenvalue weighted by atomic mass is 16.5. The largest absolute Gasteiger partial charge is 0.497 e. The number of ether oxygens (including phenoxy) is 1. The van der Waals surface area contributed by atoms with Crippen LogP contribution in [0.15, 0.2) is 53.2 Å². The van der Waals surface area contributed by atoms with E-state index in [0.717, 1.165) is 11.3 Å². The van der Waals surface area contributed by atoms with Crippen molar-refractivity contribution in [1.29, 1.82) is 0 Å². The van der Waals surface area contributed by atoms with Gasteiger partial charge in [-0.3, -0.25) is 9.78 Å². The molecule has 1 aliphatic rings. The SMILES string of the molecule is COc1ccc(CN2CC(c3nc(-c4ccccn4)no3)CC2=O)cc1. The number of hydrogen-bond donors (Lipinski definition) is 0. The Hall–Kier alpha value is -3.22. The Bertz CT molecular complexity index is 893. The second kappa shape index (κ2) is 6.95. The minimum Gasteiger partial charge on any atom is -0.497 e. The predicted octanol–water partition coefficient (Wildman–Crippen LogP) is 2.66. The maximum atomic E-state index is 12.4. The zero-order chi connectivity index (χ0) is 17.9. The summed E-state index contributed by atoms with van der Waals surface area (Å²) >= 11 is 0. The summed E-state index contributed by atoms with van der Waals surface area (Å²) in [5.74, 6) is 1.72. The number of rotatable bonds is 5. The van der Waals surface area contributed by atoms with E-state index in [1.54, 1.807) is 13.3 Å². The molecule has 1 unspecified atom stereocenters. The van der Waals surface area contributed by atoms with Gasteiger partial charge in [0.25, 0.3) is 0 Å². The topological polar surface area (TPSA) is 81.3 Å². The maximum absolute atomic E-state index is 12.4. The van der Waals surface area contributed by atoms with Gasteiger partial charge in [-0.15, -0.1) is 0 Å². The van der Waals surface area contributed by atoms with E-state index >= 15 is 0 Å². The maximum Gasteiger partial charge on any atom is 0.232 e. The van der Waals surface area contributed by atoms with Gasteiger partial charge in [0.15, 0.2) is 0 Å². The molecule has 1 amide bonds. The van der Waals surface area contributed by atoms with Crippen LogP contribution >= 0.6 is 0 Å². The first-order valence-electron chi connectivity index (χ1n) is 8.38. The number of hydrogen-bond acceptors (Lipinski definition) is 6. The van der Waals surface area contributed by atoms with Gasteiger partial charge >= 0.3 is 0 Å². The standard InChI is InChI=1S/C19H18N4O3/c1-25-15-7-5-13(6-8-15)11-23-12-14(10-17(23)24)19-21-18(22-26-19)16-4-2-3-9-20-16/h2-9,14H,10-12H2,1H3. The monoisotopic (exact) mass is 350 g/mol. The summed E-state index contributed by atoms with van der Waals surface area (Å²) in [6.45, 7) is 1.12. The molecule has 7 heteroatoms. The Morgan fingerprint density at radius 2 is 2.08 bits per heavy atom. The van der Waals surface area contributed by atoms with E-state index in [0.29, 0.717) is 36.9 Å². The molecular formula is C19H18N4O3. The molecule has 3 heterocycles. The van der Waals surface area contributed by atoms with Crippen LogP contribution in [0.4, 0.5) is 0 Å². The van der Waals surface area contributed by atoms with Gasteiger partial charge in [-0.2, -0.15) is 4.98 Å². The molecule has 0 spiro atoms. The quantitative estimate of drug-likeness (QED) is 0.704. The predicted molar refractivity (Wildman–Crippen MR) is 93.3 cm³/mol. The van der Waals surface area contributed by atoms with Crippen molar-refractivity contribution in [1.82, 2.24) is 20.0 Å². The second-order valence-corrected chi connectivity index (χ2v) is 6.19. The van der Waals surface area contributed by atoms with Crippen LogP contribution in [0.5, 0.6) is 5.75 Å². The van der Waals surface area contributed by atoms with Gasteiger partial charge < -0.3 is 14.2 Å². The Morgan fingerprint density at radius 3 is 2.81 bits per heavy atom. The van der Waals surface area contributed by atoms with E-state index in [1.165, 1.54) is 0 Å². The lowest BCUT2D eigenvalue weighted by Crippen LogP contribution is -2.24. The third-order valence-corrected chi connectivity index (χ3v) is 4.43. The lowest BCUT2D eigenvalue weighted by molar-refractivity contribution is -0.128. The number of nitrogens with zero attached hydrogens (tertiary/aromatic N) is 4. The first-order valence-corrected chi connectivity index (χ1v) is 8.38. The molecule has 0 bridgehead atoms. The van der Waals surface area contributed by atoms with Gasteiger partial charge in [-0.05, 0) is 29.8 Å². The molecule has 1 saturated heterocycles. The summed E-state index contributed by atoms with van der Waals surface area (Å²) in [7, 11) is 1.63. The summed E-state index contributed by atoms with van der Waals surface area (Å²) < 4.78 is 10.5. The number of likely N-dealkylation sites (tertiary alicyclic amines) is 1. The third kappa shape index (κ3) is 3.28. The van der Waals surface area contributed by atoms with E-state index in [-0.39, 0.29) is 11.8 Å². The lowest BCUT2D eigenvalue weighted by atomic mass is 10.1. The molecule has 1 fully saturated rings. The van der Waals surface area contributed by atoms with Crippen molar-refractivity contribution < 1.29 is 14.1 Å². The van der Waals surface area contributed by atoms with Crippen molar-refractivity contribution in [2.45, 2.75) is 18.9 Å². The molecule has 0 N–H and O–H groups in total. The summed E-state index contributed by atoms with van der Waals surface area (Å²) in [6.07, 6.45) is 2.06. The van der Waals surface area contributed by atoms with Crippen LogP contribution in [-0.4, -0.2) is 39.6 Å². The molecule has 26 heavy (non-hydrogen) atoms. The molecule has 1 atom stereocenters. The van der Waals surface area contributed by atoms with Crippen molar-refractivity contribution in [2.75, 3.05) is 13.7 Å². The fraction of sp³-hybridized carbons (Fsp3) is 0.263. The summed E-state index contributed by atoms with van der Waals surface area (Å²) in [4.78, 5) is 22.8. The lowest BCUT2D eigenvalue weighted by Gasteiger charge is -2.16. The third-order valence-electron chi connectivity index (χ3n) is 4.43. The van der Waals surface area contributed by atoms with Gasteiger partial charge in [-0.1, -0.05) is 23.4 Å². The first-order chi connectivity index (χ1) is 12.7. The van der Waals surface area contributed by atoms with Crippen LogP contribution in [0.25, 0.3) is 11.5 Å². The average molecular weight is 350 g/mol. The Morgan fingerprint density at radius 1 is 1.23 bits per heavy atom. The minimum absolute atomic E-state index is 0.0865. The van der Waals surface area contributed by atoms with Crippen molar-refractivity contribution in [3.05, 3.63) is 60.1 Å². The molecule has 3 aromatic rings. The molecular weight excluding hydrogens is 332 g/mol. The zero-order valence-electron chi connectivity index (χ0n) is 14.3. The average Bonchev–Trinajstić information content (AvgIpc) is 3.31. The number of aromatic nitrogens is 3. The van der Waals surface area contributed by atoms with E-state index in [1.807, 2.05) is 47.4 Å². The molecule has 1 aliphatic heterocycles. The Kier molecular flexibility index (Phi) is 4.35. The highest BCUT2D eigenvalue weighted by Gasteiger charge is 2.34. The van der Waals surface area contributed by atoms with Crippen LogP contribution in [0, 0.1) is 0 Å². The first kappa shape index (κ1) is 16.3. The highest BCUT2D eigenvalue weighted by Crippen LogP contribution is 2.29. The Labute approximate surface area is 150 Å². The van der Waals surface area contributed by atoms with E-state index < -0.39 is 0 Å². The molecule has 132 valence electrons. The van der Waals surface area contributed by atoms with Crippen molar-refractivity contribution in [2.24, 2.45) is 0 Å². The molecule has 7 nitrogen and oxygen atoms in total. The number of benzene rings is 1. The summed E-state index contributed by atoms with van der Waals surface area (Å²) in [5.41, 5.74) is 1.71. The molecule has 0 radical (unpaired) electrons. The summed E-state index contributed by atoms with van der Waals surface area (Å²) in [6, 6.07) is 13.2. The minimum atomic E-state index is -0.0919. The van der Waals surface area contributed by atoms with Crippen LogP contribution < -0.4 is 4.74 Å². The highest BCUT2D eigenvalue weighted by molar-refractivity contribution is 5.79. The number of carbonyl (C=O) groups is 1. The van der Waals surface area contributed by atoms with Crippen LogP contribution in [0.2, 0.25) is 0 Å². The van der Waals surface area contributed by atoms with Gasteiger partial charge in [0.1, 0.15) is 11.4 Å². The van der Waals surface area contributed by atoms with Gasteiger partial charge in [0, 0.05) is 25.7 Å². The number of methoxy groups -OCH3 is 1. The Balaban J connectivity index is 1.45. The van der Waals surface area contributed by atoms with Crippen molar-refractivity contribution >= 4 is 5.91 Å². The van der Waals surface area contributed by atoms with E-state index in [2.05, 4.69) is 15.1 Å². The van der Waals surface area contributed by atoms with Crippen LogP contribution in [0.3, 0.4) is 0 Å². The van der Waals surface area contributed by atoms with Crippen molar-refractivity contribution in [3.8, 4) is 17.3 Å². The molecule has 1 aromatic carbocycles. The van der Waals surface area contributed by atoms with Gasteiger partial charge in [0.05, 0.1) is 13.0 Å². The molecule has 0 aliphatic carbocycles.